The highest BCUT2D eigenvalue weighted by atomic mass is 35.5. The summed E-state index contributed by atoms with van der Waals surface area (Å²) in [5.41, 5.74) is 0.354. The van der Waals surface area contributed by atoms with Gasteiger partial charge in [-0.25, -0.2) is 0 Å². The van der Waals surface area contributed by atoms with Crippen molar-refractivity contribution in [2.75, 3.05) is 26.2 Å². The molecule has 1 N–H and O–H groups in total. The van der Waals surface area contributed by atoms with Crippen LogP contribution >= 0.6 is 12.4 Å². The molecule has 1 amide bonds. The Balaban J connectivity index is 0.00000133. The first kappa shape index (κ1) is 15.1. The number of piperidine rings is 1. The van der Waals surface area contributed by atoms with E-state index < -0.39 is 0 Å². The molecule has 0 bridgehead atoms. The van der Waals surface area contributed by atoms with Gasteiger partial charge in [-0.1, -0.05) is 0 Å². The van der Waals surface area contributed by atoms with Crippen LogP contribution in [-0.2, 0) is 9.53 Å². The summed E-state index contributed by atoms with van der Waals surface area (Å²) in [7, 11) is 0. The van der Waals surface area contributed by atoms with E-state index in [0.717, 1.165) is 32.6 Å². The number of halogens is 1. The lowest BCUT2D eigenvalue weighted by atomic mass is 9.91. The van der Waals surface area contributed by atoms with E-state index >= 15 is 0 Å². The molecular formula is C14H25ClN2O2. The van der Waals surface area contributed by atoms with Crippen molar-refractivity contribution in [3.8, 4) is 0 Å². The number of ether oxygens (including phenoxy) is 1. The van der Waals surface area contributed by atoms with Gasteiger partial charge in [0.1, 0.15) is 0 Å². The van der Waals surface area contributed by atoms with Gasteiger partial charge in [-0.15, -0.1) is 12.4 Å². The molecule has 3 fully saturated rings. The van der Waals surface area contributed by atoms with Crippen LogP contribution in [0.25, 0.3) is 0 Å². The van der Waals surface area contributed by atoms with Crippen molar-refractivity contribution in [2.45, 2.75) is 45.3 Å². The fraction of sp³-hybridized carbons (Fsp3) is 0.929. The topological polar surface area (TPSA) is 41.6 Å². The van der Waals surface area contributed by atoms with Crippen LogP contribution < -0.4 is 5.32 Å². The van der Waals surface area contributed by atoms with Crippen LogP contribution in [0.2, 0.25) is 0 Å². The Labute approximate surface area is 121 Å². The van der Waals surface area contributed by atoms with Crippen LogP contribution in [0, 0.1) is 11.3 Å². The average Bonchev–Trinajstić information content (AvgIpc) is 3.01. The summed E-state index contributed by atoms with van der Waals surface area (Å²) in [6.07, 6.45) is 3.84. The number of hydrogen-bond donors (Lipinski definition) is 1. The molecule has 0 aromatic rings. The van der Waals surface area contributed by atoms with E-state index in [4.69, 9.17) is 4.74 Å². The molecule has 3 rings (SSSR count). The van der Waals surface area contributed by atoms with Gasteiger partial charge in [0, 0.05) is 19.0 Å². The standard InChI is InChI=1S/C14H24N2O2.ClH/c1-10-8-16(9-11(2)18-10)13(17)12-7-14(12)3-5-15-6-4-14;/h10-12,15H,3-9H2,1-2H3;1H. The van der Waals surface area contributed by atoms with Crippen LogP contribution in [0.15, 0.2) is 0 Å². The number of carbonyl (C=O) groups excluding carboxylic acids is 1. The lowest BCUT2D eigenvalue weighted by molar-refractivity contribution is -0.145. The first-order chi connectivity index (χ1) is 8.61. The molecule has 3 atom stereocenters. The van der Waals surface area contributed by atoms with Crippen molar-refractivity contribution in [3.63, 3.8) is 0 Å². The van der Waals surface area contributed by atoms with Crippen LogP contribution in [0.1, 0.15) is 33.1 Å². The minimum absolute atomic E-state index is 0. The molecule has 19 heavy (non-hydrogen) atoms. The normalized spacial score (nSPS) is 36.7. The number of morpholine rings is 1. The van der Waals surface area contributed by atoms with Gasteiger partial charge in [0.15, 0.2) is 0 Å². The monoisotopic (exact) mass is 288 g/mol. The van der Waals surface area contributed by atoms with Gasteiger partial charge < -0.3 is 15.0 Å². The van der Waals surface area contributed by atoms with E-state index in [0.29, 0.717) is 17.2 Å². The highest BCUT2D eigenvalue weighted by Gasteiger charge is 2.58. The maximum atomic E-state index is 12.6. The highest BCUT2D eigenvalue weighted by molar-refractivity contribution is 5.85. The lowest BCUT2D eigenvalue weighted by Gasteiger charge is -2.36. The zero-order chi connectivity index (χ0) is 12.8. The maximum Gasteiger partial charge on any atom is 0.226 e. The van der Waals surface area contributed by atoms with E-state index in [1.54, 1.807) is 0 Å². The van der Waals surface area contributed by atoms with Crippen molar-refractivity contribution in [1.82, 2.24) is 10.2 Å². The van der Waals surface area contributed by atoms with Gasteiger partial charge in [0.2, 0.25) is 5.91 Å². The second-order valence-electron chi connectivity index (χ2n) is 6.37. The molecule has 2 heterocycles. The molecule has 2 aliphatic heterocycles. The highest BCUT2D eigenvalue weighted by Crippen LogP contribution is 2.59. The van der Waals surface area contributed by atoms with Crippen molar-refractivity contribution < 1.29 is 9.53 Å². The van der Waals surface area contributed by atoms with E-state index in [-0.39, 0.29) is 24.6 Å². The summed E-state index contributed by atoms with van der Waals surface area (Å²) < 4.78 is 5.70. The van der Waals surface area contributed by atoms with Crippen LogP contribution in [-0.4, -0.2) is 49.2 Å². The third-order valence-electron chi connectivity index (χ3n) is 4.82. The number of hydrogen-bond acceptors (Lipinski definition) is 3. The zero-order valence-corrected chi connectivity index (χ0v) is 12.7. The maximum absolute atomic E-state index is 12.6. The molecule has 3 aliphatic rings. The predicted molar refractivity (Wildman–Crippen MR) is 76.5 cm³/mol. The number of nitrogens with one attached hydrogen (secondary N) is 1. The lowest BCUT2D eigenvalue weighted by Crippen LogP contribution is -2.49. The van der Waals surface area contributed by atoms with E-state index in [9.17, 15) is 4.79 Å². The Kier molecular flexibility index (Phi) is 4.43. The Morgan fingerprint density at radius 1 is 1.21 bits per heavy atom. The van der Waals surface area contributed by atoms with Gasteiger partial charge >= 0.3 is 0 Å². The van der Waals surface area contributed by atoms with Gasteiger partial charge in [0.25, 0.3) is 0 Å². The SMILES string of the molecule is CC1CN(C(=O)C2CC23CCNCC3)CC(C)O1.Cl. The Morgan fingerprint density at radius 3 is 2.37 bits per heavy atom. The smallest absolute Gasteiger partial charge is 0.226 e. The molecule has 3 unspecified atom stereocenters. The Hall–Kier alpha value is -0.320. The molecule has 0 aromatic heterocycles. The minimum atomic E-state index is 0. The molecule has 110 valence electrons. The van der Waals surface area contributed by atoms with Crippen LogP contribution in [0.3, 0.4) is 0 Å². The van der Waals surface area contributed by atoms with Crippen molar-refractivity contribution >= 4 is 18.3 Å². The average molecular weight is 289 g/mol. The summed E-state index contributed by atoms with van der Waals surface area (Å²) in [5.74, 6) is 0.691. The molecule has 4 nitrogen and oxygen atoms in total. The molecule has 0 radical (unpaired) electrons. The van der Waals surface area contributed by atoms with Gasteiger partial charge in [0.05, 0.1) is 12.2 Å². The number of carbonyl (C=O) groups is 1. The summed E-state index contributed by atoms with van der Waals surface area (Å²) in [4.78, 5) is 14.6. The third-order valence-corrected chi connectivity index (χ3v) is 4.82. The van der Waals surface area contributed by atoms with E-state index in [1.807, 2.05) is 4.90 Å². The number of nitrogens with zero attached hydrogens (tertiary/aromatic N) is 1. The van der Waals surface area contributed by atoms with E-state index in [2.05, 4.69) is 19.2 Å². The first-order valence-electron chi connectivity index (χ1n) is 7.26. The molecule has 1 aliphatic carbocycles. The molecule has 0 aromatic carbocycles. The number of rotatable bonds is 1. The van der Waals surface area contributed by atoms with Crippen LogP contribution in [0.4, 0.5) is 0 Å². The zero-order valence-electron chi connectivity index (χ0n) is 11.9. The molecule has 1 spiro atoms. The minimum Gasteiger partial charge on any atom is -0.372 e. The Morgan fingerprint density at radius 2 is 1.79 bits per heavy atom. The van der Waals surface area contributed by atoms with E-state index in [1.165, 1.54) is 12.8 Å². The summed E-state index contributed by atoms with van der Waals surface area (Å²) in [6, 6.07) is 0. The molecule has 1 saturated carbocycles. The number of amides is 1. The summed E-state index contributed by atoms with van der Waals surface area (Å²) in [6.45, 7) is 7.83. The third kappa shape index (κ3) is 2.91. The fourth-order valence-corrected chi connectivity index (χ4v) is 3.75. The Bertz CT molecular complexity index is 334. The van der Waals surface area contributed by atoms with Crippen molar-refractivity contribution in [3.05, 3.63) is 0 Å². The van der Waals surface area contributed by atoms with Crippen molar-refractivity contribution in [1.29, 1.82) is 0 Å². The second-order valence-corrected chi connectivity index (χ2v) is 6.37. The van der Waals surface area contributed by atoms with Crippen molar-refractivity contribution in [2.24, 2.45) is 11.3 Å². The predicted octanol–water partition coefficient (Wildman–Crippen LogP) is 1.43. The molecule has 2 saturated heterocycles. The fourth-order valence-electron chi connectivity index (χ4n) is 3.75. The molecule has 5 heteroatoms. The van der Waals surface area contributed by atoms with Crippen LogP contribution in [0.5, 0.6) is 0 Å². The molecular weight excluding hydrogens is 264 g/mol. The van der Waals surface area contributed by atoms with Gasteiger partial charge in [-0.05, 0) is 51.6 Å². The quantitative estimate of drug-likeness (QED) is 0.794. The largest absolute Gasteiger partial charge is 0.372 e. The second kappa shape index (κ2) is 5.58. The summed E-state index contributed by atoms with van der Waals surface area (Å²) in [5, 5.41) is 3.39. The first-order valence-corrected chi connectivity index (χ1v) is 7.26. The summed E-state index contributed by atoms with van der Waals surface area (Å²) >= 11 is 0. The van der Waals surface area contributed by atoms with Gasteiger partial charge in [-0.2, -0.15) is 0 Å². The van der Waals surface area contributed by atoms with Gasteiger partial charge in [-0.3, -0.25) is 4.79 Å².